The van der Waals surface area contributed by atoms with Crippen LogP contribution in [0.15, 0.2) is 106 Å². The Kier molecular flexibility index (Phi) is 7.14. The van der Waals surface area contributed by atoms with Gasteiger partial charge in [0.25, 0.3) is 5.56 Å². The molecule has 0 saturated carbocycles. The van der Waals surface area contributed by atoms with E-state index in [1.54, 1.807) is 18.4 Å². The molecule has 0 aliphatic carbocycles. The summed E-state index contributed by atoms with van der Waals surface area (Å²) < 4.78 is 13.4. The fourth-order valence-electron chi connectivity index (χ4n) is 4.33. The first kappa shape index (κ1) is 24.5. The Hall–Kier alpha value is -4.23. The van der Waals surface area contributed by atoms with Crippen LogP contribution in [0.2, 0.25) is 0 Å². The van der Waals surface area contributed by atoms with Gasteiger partial charge in [-0.1, -0.05) is 84.1 Å². The molecule has 0 saturated heterocycles. The Bertz CT molecular complexity index is 1640. The smallest absolute Gasteiger partial charge is 0.338 e. The van der Waals surface area contributed by atoms with Gasteiger partial charge in [0.05, 0.1) is 28.5 Å². The minimum absolute atomic E-state index is 0.206. The third-order valence-electron chi connectivity index (χ3n) is 6.04. The molecule has 7 heteroatoms. The minimum Gasteiger partial charge on any atom is -0.489 e. The predicted molar refractivity (Wildman–Crippen MR) is 144 cm³/mol. The second-order valence-electron chi connectivity index (χ2n) is 8.56. The average Bonchev–Trinajstić information content (AvgIpc) is 3.22. The van der Waals surface area contributed by atoms with Gasteiger partial charge < -0.3 is 9.47 Å². The first-order valence-electron chi connectivity index (χ1n) is 12.1. The van der Waals surface area contributed by atoms with Gasteiger partial charge in [-0.25, -0.2) is 9.79 Å². The highest BCUT2D eigenvalue weighted by atomic mass is 32.1. The molecule has 0 radical (unpaired) electrons. The number of benzene rings is 3. The summed E-state index contributed by atoms with van der Waals surface area (Å²) in [6.07, 6.45) is 1.84. The molecule has 0 spiro atoms. The molecular weight excluding hydrogens is 484 g/mol. The van der Waals surface area contributed by atoms with E-state index < -0.39 is 12.0 Å². The number of carbonyl (C=O) groups excluding carboxylic acids is 1. The monoisotopic (exact) mass is 510 g/mol. The SMILES string of the molecule is CCOC(=O)C1=C(C)N=c2s/c(=C/c3cccc(OCc4ccccc4)c3)c(=O)n2C1c1ccccc1. The molecule has 0 amide bonds. The molecule has 6 nitrogen and oxygen atoms in total. The summed E-state index contributed by atoms with van der Waals surface area (Å²) in [6, 6.07) is 26.5. The van der Waals surface area contributed by atoms with Gasteiger partial charge in [0, 0.05) is 0 Å². The van der Waals surface area contributed by atoms with E-state index in [2.05, 4.69) is 4.99 Å². The molecule has 37 heavy (non-hydrogen) atoms. The average molecular weight is 511 g/mol. The van der Waals surface area contributed by atoms with Crippen LogP contribution in [0.3, 0.4) is 0 Å². The van der Waals surface area contributed by atoms with Crippen LogP contribution >= 0.6 is 11.3 Å². The molecule has 0 fully saturated rings. The molecule has 5 rings (SSSR count). The zero-order valence-corrected chi connectivity index (χ0v) is 21.4. The Morgan fingerprint density at radius 1 is 1.03 bits per heavy atom. The van der Waals surface area contributed by atoms with Crippen molar-refractivity contribution in [1.29, 1.82) is 0 Å². The molecule has 1 aromatic heterocycles. The van der Waals surface area contributed by atoms with Gasteiger partial charge in [0.2, 0.25) is 0 Å². The molecule has 186 valence electrons. The number of esters is 1. The van der Waals surface area contributed by atoms with Crippen molar-refractivity contribution >= 4 is 23.4 Å². The van der Waals surface area contributed by atoms with Crippen molar-refractivity contribution < 1.29 is 14.3 Å². The lowest BCUT2D eigenvalue weighted by Gasteiger charge is -2.24. The molecular formula is C30H26N2O4S. The van der Waals surface area contributed by atoms with Gasteiger partial charge in [-0.05, 0) is 48.7 Å². The van der Waals surface area contributed by atoms with Crippen LogP contribution in [-0.4, -0.2) is 17.1 Å². The number of allylic oxidation sites excluding steroid dienone is 1. The Morgan fingerprint density at radius 3 is 2.49 bits per heavy atom. The second-order valence-corrected chi connectivity index (χ2v) is 9.57. The summed E-state index contributed by atoms with van der Waals surface area (Å²) in [6.45, 7) is 4.24. The van der Waals surface area contributed by atoms with Crippen molar-refractivity contribution in [2.75, 3.05) is 6.61 Å². The molecule has 0 N–H and O–H groups in total. The first-order chi connectivity index (χ1) is 18.0. The first-order valence-corrected chi connectivity index (χ1v) is 12.9. The maximum absolute atomic E-state index is 13.7. The van der Waals surface area contributed by atoms with Crippen molar-refractivity contribution in [3.63, 3.8) is 0 Å². The van der Waals surface area contributed by atoms with Crippen molar-refractivity contribution in [2.24, 2.45) is 4.99 Å². The van der Waals surface area contributed by atoms with E-state index in [9.17, 15) is 9.59 Å². The van der Waals surface area contributed by atoms with E-state index in [4.69, 9.17) is 9.47 Å². The topological polar surface area (TPSA) is 69.9 Å². The van der Waals surface area contributed by atoms with Crippen LogP contribution in [0.25, 0.3) is 6.08 Å². The maximum atomic E-state index is 13.7. The molecule has 0 bridgehead atoms. The highest BCUT2D eigenvalue weighted by molar-refractivity contribution is 7.07. The van der Waals surface area contributed by atoms with Gasteiger partial charge in [-0.3, -0.25) is 9.36 Å². The van der Waals surface area contributed by atoms with E-state index in [0.717, 1.165) is 16.7 Å². The number of carbonyl (C=O) groups is 1. The number of fused-ring (bicyclic) bond motifs is 1. The summed E-state index contributed by atoms with van der Waals surface area (Å²) in [4.78, 5) is 31.8. The van der Waals surface area contributed by atoms with Gasteiger partial charge in [0.15, 0.2) is 4.80 Å². The van der Waals surface area contributed by atoms with Gasteiger partial charge in [-0.2, -0.15) is 0 Å². The number of thiazole rings is 1. The zero-order chi connectivity index (χ0) is 25.8. The second kappa shape index (κ2) is 10.8. The Balaban J connectivity index is 1.55. The summed E-state index contributed by atoms with van der Waals surface area (Å²) in [5.74, 6) is 0.253. The van der Waals surface area contributed by atoms with Crippen LogP contribution in [0.5, 0.6) is 5.75 Å². The molecule has 4 aromatic rings. The lowest BCUT2D eigenvalue weighted by Crippen LogP contribution is -2.39. The van der Waals surface area contributed by atoms with Crippen molar-refractivity contribution in [3.05, 3.63) is 133 Å². The van der Waals surface area contributed by atoms with E-state index in [1.165, 1.54) is 11.3 Å². The largest absolute Gasteiger partial charge is 0.489 e. The molecule has 1 aliphatic rings. The highest BCUT2D eigenvalue weighted by Crippen LogP contribution is 2.30. The molecule has 1 unspecified atom stereocenters. The predicted octanol–water partition coefficient (Wildman–Crippen LogP) is 4.38. The zero-order valence-electron chi connectivity index (χ0n) is 20.6. The van der Waals surface area contributed by atoms with E-state index in [-0.39, 0.29) is 12.2 Å². The molecule has 1 atom stereocenters. The van der Waals surface area contributed by atoms with Gasteiger partial charge >= 0.3 is 5.97 Å². The minimum atomic E-state index is -0.612. The Morgan fingerprint density at radius 2 is 1.76 bits per heavy atom. The van der Waals surface area contributed by atoms with Crippen LogP contribution in [0.4, 0.5) is 0 Å². The number of hydrogen-bond acceptors (Lipinski definition) is 6. The van der Waals surface area contributed by atoms with Crippen molar-refractivity contribution in [1.82, 2.24) is 4.57 Å². The number of nitrogens with zero attached hydrogens (tertiary/aromatic N) is 2. The molecule has 2 heterocycles. The Labute approximate surface area is 218 Å². The standard InChI is InChI=1S/C30H26N2O4S/c1-3-35-29(34)26-20(2)31-30-32(27(26)23-14-8-5-9-15-23)28(33)25(37-30)18-22-13-10-16-24(17-22)36-19-21-11-6-4-7-12-21/h4-18,27H,3,19H2,1-2H3/b25-18+. The van der Waals surface area contributed by atoms with E-state index >= 15 is 0 Å². The third-order valence-corrected chi connectivity index (χ3v) is 7.02. The number of rotatable bonds is 7. The third kappa shape index (κ3) is 5.17. The van der Waals surface area contributed by atoms with Crippen LogP contribution < -0.4 is 19.6 Å². The fraction of sp³-hybridized carbons (Fsp3) is 0.167. The summed E-state index contributed by atoms with van der Waals surface area (Å²) in [5.41, 5.74) is 3.47. The van der Waals surface area contributed by atoms with E-state index in [1.807, 2.05) is 91.0 Å². The maximum Gasteiger partial charge on any atom is 0.338 e. The van der Waals surface area contributed by atoms with Crippen LogP contribution in [-0.2, 0) is 16.1 Å². The highest BCUT2D eigenvalue weighted by Gasteiger charge is 2.33. The molecule has 3 aromatic carbocycles. The number of hydrogen-bond donors (Lipinski definition) is 0. The normalized spacial score (nSPS) is 15.2. The van der Waals surface area contributed by atoms with Crippen molar-refractivity contribution in [2.45, 2.75) is 26.5 Å². The van der Waals surface area contributed by atoms with Crippen LogP contribution in [0.1, 0.15) is 36.6 Å². The fourth-order valence-corrected chi connectivity index (χ4v) is 5.38. The lowest BCUT2D eigenvalue weighted by molar-refractivity contribution is -0.139. The van der Waals surface area contributed by atoms with E-state index in [0.29, 0.717) is 33.0 Å². The summed E-state index contributed by atoms with van der Waals surface area (Å²) >= 11 is 1.30. The number of ether oxygens (including phenoxy) is 2. The summed E-state index contributed by atoms with van der Waals surface area (Å²) in [7, 11) is 0. The number of aromatic nitrogens is 1. The van der Waals surface area contributed by atoms with Gasteiger partial charge in [0.1, 0.15) is 12.4 Å². The summed E-state index contributed by atoms with van der Waals surface area (Å²) in [5, 5.41) is 0. The van der Waals surface area contributed by atoms with Crippen molar-refractivity contribution in [3.8, 4) is 5.75 Å². The van der Waals surface area contributed by atoms with Gasteiger partial charge in [-0.15, -0.1) is 0 Å². The quantitative estimate of drug-likeness (QED) is 0.346. The van der Waals surface area contributed by atoms with Crippen LogP contribution in [0, 0.1) is 0 Å². The molecule has 1 aliphatic heterocycles. The lowest BCUT2D eigenvalue weighted by atomic mass is 9.96.